The fourth-order valence-corrected chi connectivity index (χ4v) is 3.34. The Morgan fingerprint density at radius 3 is 2.39 bits per heavy atom. The Bertz CT molecular complexity index is 984. The number of rotatable bonds is 6. The Morgan fingerprint density at radius 1 is 1.07 bits per heavy atom. The van der Waals surface area contributed by atoms with Gasteiger partial charge in [-0.05, 0) is 36.4 Å². The van der Waals surface area contributed by atoms with E-state index in [0.29, 0.717) is 10.8 Å². The zero-order valence-electron chi connectivity index (χ0n) is 15.4. The number of hydrogen-bond donors (Lipinski definition) is 2. The topological polar surface area (TPSA) is 76.0 Å². The van der Waals surface area contributed by atoms with Gasteiger partial charge in [0.2, 0.25) is 11.8 Å². The van der Waals surface area contributed by atoms with Crippen LogP contribution in [0.5, 0.6) is 0 Å². The van der Waals surface area contributed by atoms with Crippen molar-refractivity contribution in [3.8, 4) is 11.3 Å². The summed E-state index contributed by atoms with van der Waals surface area (Å²) in [6.07, 6.45) is 0. The molecule has 0 saturated carbocycles. The molecule has 2 aromatic carbocycles. The number of nitrogens with one attached hydrogen (secondary N) is 2. The van der Waals surface area contributed by atoms with E-state index in [1.54, 1.807) is 36.0 Å². The van der Waals surface area contributed by atoms with Crippen LogP contribution < -0.4 is 10.6 Å². The van der Waals surface area contributed by atoms with E-state index in [2.05, 4.69) is 15.7 Å². The van der Waals surface area contributed by atoms with E-state index in [4.69, 9.17) is 11.6 Å². The second-order valence-corrected chi connectivity index (χ2v) is 7.57. The molecule has 0 bridgehead atoms. The fourth-order valence-electron chi connectivity index (χ4n) is 2.51. The number of carbonyl (C=O) groups excluding carboxylic acids is 2. The molecule has 0 fully saturated rings. The zero-order valence-corrected chi connectivity index (χ0v) is 17.0. The highest BCUT2D eigenvalue weighted by molar-refractivity contribution is 8.00. The maximum Gasteiger partial charge on any atom is 0.235 e. The van der Waals surface area contributed by atoms with Crippen molar-refractivity contribution in [3.05, 3.63) is 59.6 Å². The molecule has 0 aliphatic heterocycles. The maximum atomic E-state index is 12.3. The summed E-state index contributed by atoms with van der Waals surface area (Å²) in [5, 5.41) is 10.7. The molecular weight excluding hydrogens is 396 g/mol. The van der Waals surface area contributed by atoms with Crippen molar-refractivity contribution in [1.29, 1.82) is 0 Å². The average Bonchev–Trinajstić information content (AvgIpc) is 3.02. The van der Waals surface area contributed by atoms with Crippen molar-refractivity contribution in [2.45, 2.75) is 11.8 Å². The van der Waals surface area contributed by atoms with Gasteiger partial charge >= 0.3 is 0 Å². The smallest absolute Gasteiger partial charge is 0.235 e. The summed E-state index contributed by atoms with van der Waals surface area (Å²) in [6, 6.07) is 16.6. The van der Waals surface area contributed by atoms with Crippen LogP contribution in [0.2, 0.25) is 5.02 Å². The third kappa shape index (κ3) is 5.37. The van der Waals surface area contributed by atoms with Gasteiger partial charge in [0.05, 0.1) is 11.4 Å². The number of thioether (sulfide) groups is 1. The van der Waals surface area contributed by atoms with Gasteiger partial charge in [-0.25, -0.2) is 0 Å². The first-order chi connectivity index (χ1) is 13.4. The number of anilines is 2. The summed E-state index contributed by atoms with van der Waals surface area (Å²) in [4.78, 5) is 24.3. The number of aryl methyl sites for hydroxylation is 1. The fraction of sp³-hybridized carbons (Fsp3) is 0.150. The quantitative estimate of drug-likeness (QED) is 0.585. The van der Waals surface area contributed by atoms with Crippen LogP contribution in [0.15, 0.2) is 59.5 Å². The minimum Gasteiger partial charge on any atom is -0.326 e. The molecule has 0 unspecified atom stereocenters. The third-order valence-electron chi connectivity index (χ3n) is 3.83. The molecule has 28 heavy (non-hydrogen) atoms. The number of amides is 2. The molecule has 0 radical (unpaired) electrons. The van der Waals surface area contributed by atoms with Crippen LogP contribution in [-0.2, 0) is 16.6 Å². The van der Waals surface area contributed by atoms with Gasteiger partial charge in [-0.3, -0.25) is 14.3 Å². The van der Waals surface area contributed by atoms with Crippen LogP contribution in [0.4, 0.5) is 11.5 Å². The van der Waals surface area contributed by atoms with Gasteiger partial charge in [0.15, 0.2) is 0 Å². The standard InChI is InChI=1S/C20H19ClN4O2S/c1-13(26)22-16-7-9-17(10-8-16)28-12-20(27)23-19-11-18(24-25(19)2)14-3-5-15(21)6-4-14/h3-11H,12H2,1-2H3,(H,22,26)(H,23,27). The Kier molecular flexibility index (Phi) is 6.38. The lowest BCUT2D eigenvalue weighted by molar-refractivity contribution is -0.114. The molecule has 3 aromatic rings. The second-order valence-electron chi connectivity index (χ2n) is 6.09. The number of carbonyl (C=O) groups is 2. The molecule has 3 rings (SSSR count). The van der Waals surface area contributed by atoms with E-state index < -0.39 is 0 Å². The van der Waals surface area contributed by atoms with E-state index in [-0.39, 0.29) is 17.6 Å². The lowest BCUT2D eigenvalue weighted by atomic mass is 10.1. The summed E-state index contributed by atoms with van der Waals surface area (Å²) in [5.74, 6) is 0.646. The van der Waals surface area contributed by atoms with Gasteiger partial charge in [-0.2, -0.15) is 5.10 Å². The Morgan fingerprint density at radius 2 is 1.75 bits per heavy atom. The molecule has 0 atom stereocenters. The number of hydrogen-bond acceptors (Lipinski definition) is 4. The van der Waals surface area contributed by atoms with Crippen molar-refractivity contribution in [3.63, 3.8) is 0 Å². The molecule has 0 saturated heterocycles. The van der Waals surface area contributed by atoms with Crippen LogP contribution in [0.3, 0.4) is 0 Å². The Balaban J connectivity index is 1.57. The number of aromatic nitrogens is 2. The highest BCUT2D eigenvalue weighted by atomic mass is 35.5. The first-order valence-corrected chi connectivity index (χ1v) is 9.87. The van der Waals surface area contributed by atoms with E-state index in [1.807, 2.05) is 30.3 Å². The second kappa shape index (κ2) is 8.95. The van der Waals surface area contributed by atoms with Crippen LogP contribution in [0.25, 0.3) is 11.3 Å². The summed E-state index contributed by atoms with van der Waals surface area (Å²) >= 11 is 7.33. The highest BCUT2D eigenvalue weighted by Crippen LogP contribution is 2.24. The Labute approximate surface area is 172 Å². The number of benzene rings is 2. The maximum absolute atomic E-state index is 12.3. The molecule has 8 heteroatoms. The van der Waals surface area contributed by atoms with Crippen LogP contribution >= 0.6 is 23.4 Å². The Hall–Kier alpha value is -2.77. The predicted molar refractivity (Wildman–Crippen MR) is 114 cm³/mol. The van der Waals surface area contributed by atoms with Crippen LogP contribution in [-0.4, -0.2) is 27.3 Å². The molecule has 2 N–H and O–H groups in total. The zero-order chi connectivity index (χ0) is 20.1. The molecule has 6 nitrogen and oxygen atoms in total. The normalized spacial score (nSPS) is 10.5. The molecule has 1 aromatic heterocycles. The molecule has 2 amide bonds. The van der Waals surface area contributed by atoms with E-state index >= 15 is 0 Å². The lowest BCUT2D eigenvalue weighted by Gasteiger charge is -2.06. The first-order valence-electron chi connectivity index (χ1n) is 8.51. The molecule has 0 aliphatic carbocycles. The van der Waals surface area contributed by atoms with Crippen molar-refractivity contribution in [1.82, 2.24) is 9.78 Å². The monoisotopic (exact) mass is 414 g/mol. The van der Waals surface area contributed by atoms with Crippen molar-refractivity contribution in [2.24, 2.45) is 7.05 Å². The lowest BCUT2D eigenvalue weighted by Crippen LogP contribution is -2.16. The van der Waals surface area contributed by atoms with Gasteiger partial charge in [0.25, 0.3) is 0 Å². The minimum absolute atomic E-state index is 0.117. The summed E-state index contributed by atoms with van der Waals surface area (Å²) < 4.78 is 1.63. The van der Waals surface area contributed by atoms with Gasteiger partial charge in [0.1, 0.15) is 5.82 Å². The third-order valence-corrected chi connectivity index (χ3v) is 5.10. The van der Waals surface area contributed by atoms with Crippen LogP contribution in [0.1, 0.15) is 6.92 Å². The molecule has 0 aliphatic rings. The van der Waals surface area contributed by atoms with Gasteiger partial charge in [-0.1, -0.05) is 23.7 Å². The van der Waals surface area contributed by atoms with Crippen molar-refractivity contribution < 1.29 is 9.59 Å². The number of nitrogens with zero attached hydrogens (tertiary/aromatic N) is 2. The van der Waals surface area contributed by atoms with E-state index in [1.165, 1.54) is 18.7 Å². The van der Waals surface area contributed by atoms with Gasteiger partial charge < -0.3 is 10.6 Å². The molecular formula is C20H19ClN4O2S. The molecule has 1 heterocycles. The highest BCUT2D eigenvalue weighted by Gasteiger charge is 2.11. The van der Waals surface area contributed by atoms with Gasteiger partial charge in [-0.15, -0.1) is 11.8 Å². The average molecular weight is 415 g/mol. The van der Waals surface area contributed by atoms with Crippen molar-refractivity contribution in [2.75, 3.05) is 16.4 Å². The summed E-state index contributed by atoms with van der Waals surface area (Å²) in [6.45, 7) is 1.46. The van der Waals surface area contributed by atoms with Crippen LogP contribution in [0, 0.1) is 0 Å². The van der Waals surface area contributed by atoms with Gasteiger partial charge in [0, 0.05) is 41.2 Å². The predicted octanol–water partition coefficient (Wildman–Crippen LogP) is 4.43. The van der Waals surface area contributed by atoms with E-state index in [9.17, 15) is 9.59 Å². The minimum atomic E-state index is -0.124. The summed E-state index contributed by atoms with van der Waals surface area (Å²) in [5.41, 5.74) is 2.41. The SMILES string of the molecule is CC(=O)Nc1ccc(SCC(=O)Nc2cc(-c3ccc(Cl)cc3)nn2C)cc1. The molecule has 144 valence electrons. The van der Waals surface area contributed by atoms with E-state index in [0.717, 1.165) is 21.8 Å². The summed E-state index contributed by atoms with van der Waals surface area (Å²) in [7, 11) is 1.78. The first kappa shape index (κ1) is 20.0. The molecule has 0 spiro atoms. The largest absolute Gasteiger partial charge is 0.326 e. The van der Waals surface area contributed by atoms with Crippen molar-refractivity contribution >= 4 is 46.7 Å². The number of halogens is 1.